The second-order valence-electron chi connectivity index (χ2n) is 6.25. The van der Waals surface area contributed by atoms with Gasteiger partial charge in [0.15, 0.2) is 0 Å². The Bertz CT molecular complexity index is 413. The first-order chi connectivity index (χ1) is 9.58. The van der Waals surface area contributed by atoms with Gasteiger partial charge in [-0.05, 0) is 45.6 Å². The van der Waals surface area contributed by atoms with Gasteiger partial charge in [-0.15, -0.1) is 0 Å². The zero-order valence-electron chi connectivity index (χ0n) is 13.4. The smallest absolute Gasteiger partial charge is 0.225 e. The van der Waals surface area contributed by atoms with Gasteiger partial charge in [0.05, 0.1) is 0 Å². The Morgan fingerprint density at radius 2 is 1.65 bits per heavy atom. The molecule has 0 saturated carbocycles. The molecule has 0 atom stereocenters. The van der Waals surface area contributed by atoms with E-state index in [1.165, 1.54) is 24.8 Å². The third kappa shape index (κ3) is 3.92. The molecule has 0 spiro atoms. The summed E-state index contributed by atoms with van der Waals surface area (Å²) in [5.74, 6) is 1.59. The number of hydrogen-bond acceptors (Lipinski definition) is 4. The average molecular weight is 276 g/mol. The Hall–Kier alpha value is -1.16. The quantitative estimate of drug-likeness (QED) is 0.898. The topological polar surface area (TPSA) is 41.1 Å². The Morgan fingerprint density at radius 1 is 1.05 bits per heavy atom. The van der Waals surface area contributed by atoms with Crippen molar-refractivity contribution in [2.75, 3.05) is 24.5 Å². The van der Waals surface area contributed by atoms with Crippen molar-refractivity contribution in [3.63, 3.8) is 0 Å². The van der Waals surface area contributed by atoms with Crippen LogP contribution in [-0.2, 0) is 6.54 Å². The maximum Gasteiger partial charge on any atom is 0.225 e. The van der Waals surface area contributed by atoms with Gasteiger partial charge in [0, 0.05) is 36.6 Å². The molecular weight excluding hydrogens is 248 g/mol. The molecule has 1 aromatic rings. The molecule has 112 valence electrons. The normalized spacial score (nSPS) is 15.9. The van der Waals surface area contributed by atoms with Gasteiger partial charge >= 0.3 is 0 Å². The maximum absolute atomic E-state index is 4.73. The first-order valence-corrected chi connectivity index (χ1v) is 7.87. The maximum atomic E-state index is 4.73. The van der Waals surface area contributed by atoms with E-state index >= 15 is 0 Å². The summed E-state index contributed by atoms with van der Waals surface area (Å²) in [5.41, 5.74) is 3.50. The summed E-state index contributed by atoms with van der Waals surface area (Å²) in [5, 5.41) is 3.49. The molecule has 0 bridgehead atoms. The molecular formula is C16H28N4. The first kappa shape index (κ1) is 15.2. The second kappa shape index (κ2) is 7.02. The van der Waals surface area contributed by atoms with Gasteiger partial charge in [0.25, 0.3) is 0 Å². The van der Waals surface area contributed by atoms with Gasteiger partial charge in [-0.25, -0.2) is 9.97 Å². The number of hydrogen-bond donors (Lipinski definition) is 1. The fourth-order valence-electron chi connectivity index (χ4n) is 2.70. The average Bonchev–Trinajstić information content (AvgIpc) is 2.42. The van der Waals surface area contributed by atoms with Crippen LogP contribution in [0.2, 0.25) is 0 Å². The van der Waals surface area contributed by atoms with Crippen LogP contribution in [0.3, 0.4) is 0 Å². The summed E-state index contributed by atoms with van der Waals surface area (Å²) < 4.78 is 0. The van der Waals surface area contributed by atoms with Gasteiger partial charge in [-0.3, -0.25) is 0 Å². The van der Waals surface area contributed by atoms with Crippen LogP contribution in [0.1, 0.15) is 50.1 Å². The lowest BCUT2D eigenvalue weighted by molar-refractivity contribution is 0.546. The number of aromatic nitrogens is 2. The fourth-order valence-corrected chi connectivity index (χ4v) is 2.70. The Kier molecular flexibility index (Phi) is 5.35. The zero-order chi connectivity index (χ0) is 14.5. The van der Waals surface area contributed by atoms with Crippen LogP contribution in [0.4, 0.5) is 5.95 Å². The standard InChI is InChI=1S/C16H28N4/c1-12(2)10-17-11-15-13(3)18-16(19-14(15)4)20-8-6-5-7-9-20/h12,17H,5-11H2,1-4H3. The highest BCUT2D eigenvalue weighted by atomic mass is 15.3. The predicted octanol–water partition coefficient (Wildman–Crippen LogP) is 2.83. The van der Waals surface area contributed by atoms with Gasteiger partial charge in [0.1, 0.15) is 0 Å². The number of rotatable bonds is 5. The minimum atomic E-state index is 0.671. The van der Waals surface area contributed by atoms with E-state index in [0.29, 0.717) is 5.92 Å². The number of anilines is 1. The molecule has 1 aromatic heterocycles. The summed E-state index contributed by atoms with van der Waals surface area (Å²) in [6.07, 6.45) is 3.87. The molecule has 0 radical (unpaired) electrons. The molecule has 1 fully saturated rings. The molecule has 4 nitrogen and oxygen atoms in total. The molecule has 0 unspecified atom stereocenters. The summed E-state index contributed by atoms with van der Waals surface area (Å²) >= 11 is 0. The Labute approximate surface area is 123 Å². The van der Waals surface area contributed by atoms with E-state index in [9.17, 15) is 0 Å². The van der Waals surface area contributed by atoms with Crippen molar-refractivity contribution in [3.05, 3.63) is 17.0 Å². The third-order valence-electron chi connectivity index (χ3n) is 3.90. The summed E-state index contributed by atoms with van der Waals surface area (Å²) in [4.78, 5) is 11.8. The van der Waals surface area contributed by atoms with Crippen LogP contribution in [0.5, 0.6) is 0 Å². The van der Waals surface area contributed by atoms with E-state index in [-0.39, 0.29) is 0 Å². The van der Waals surface area contributed by atoms with Crippen molar-refractivity contribution >= 4 is 5.95 Å². The molecule has 4 heteroatoms. The van der Waals surface area contributed by atoms with Crippen molar-refractivity contribution in [3.8, 4) is 0 Å². The van der Waals surface area contributed by atoms with Crippen LogP contribution in [-0.4, -0.2) is 29.6 Å². The van der Waals surface area contributed by atoms with Gasteiger partial charge in [-0.1, -0.05) is 13.8 Å². The SMILES string of the molecule is Cc1nc(N2CCCCC2)nc(C)c1CNCC(C)C. The van der Waals surface area contributed by atoms with Crippen LogP contribution in [0, 0.1) is 19.8 Å². The monoisotopic (exact) mass is 276 g/mol. The minimum Gasteiger partial charge on any atom is -0.341 e. The summed E-state index contributed by atoms with van der Waals surface area (Å²) in [7, 11) is 0. The van der Waals surface area contributed by atoms with Crippen LogP contribution < -0.4 is 10.2 Å². The zero-order valence-corrected chi connectivity index (χ0v) is 13.4. The molecule has 1 saturated heterocycles. The Morgan fingerprint density at radius 3 is 2.20 bits per heavy atom. The van der Waals surface area contributed by atoms with Gasteiger partial charge in [-0.2, -0.15) is 0 Å². The molecule has 1 aliphatic rings. The molecule has 1 N–H and O–H groups in total. The molecule has 0 amide bonds. The predicted molar refractivity (Wildman–Crippen MR) is 84.1 cm³/mol. The van der Waals surface area contributed by atoms with Crippen LogP contribution >= 0.6 is 0 Å². The van der Waals surface area contributed by atoms with Crippen molar-refractivity contribution in [2.24, 2.45) is 5.92 Å². The van der Waals surface area contributed by atoms with E-state index in [0.717, 1.165) is 43.5 Å². The van der Waals surface area contributed by atoms with E-state index < -0.39 is 0 Å². The highest BCUT2D eigenvalue weighted by molar-refractivity contribution is 5.36. The van der Waals surface area contributed by atoms with Crippen molar-refractivity contribution in [1.29, 1.82) is 0 Å². The molecule has 0 aromatic carbocycles. The summed E-state index contributed by atoms with van der Waals surface area (Å²) in [6.45, 7) is 12.8. The van der Waals surface area contributed by atoms with Gasteiger partial charge in [0.2, 0.25) is 5.95 Å². The fraction of sp³-hybridized carbons (Fsp3) is 0.750. The highest BCUT2D eigenvalue weighted by Crippen LogP contribution is 2.19. The molecule has 0 aliphatic carbocycles. The molecule has 2 heterocycles. The number of aryl methyl sites for hydroxylation is 2. The lowest BCUT2D eigenvalue weighted by Gasteiger charge is -2.27. The lowest BCUT2D eigenvalue weighted by atomic mass is 10.1. The highest BCUT2D eigenvalue weighted by Gasteiger charge is 2.16. The van der Waals surface area contributed by atoms with Crippen LogP contribution in [0.15, 0.2) is 0 Å². The van der Waals surface area contributed by atoms with E-state index in [1.54, 1.807) is 0 Å². The molecule has 2 rings (SSSR count). The van der Waals surface area contributed by atoms with E-state index in [4.69, 9.17) is 9.97 Å². The van der Waals surface area contributed by atoms with Crippen LogP contribution in [0.25, 0.3) is 0 Å². The number of piperidine rings is 1. The van der Waals surface area contributed by atoms with Gasteiger partial charge < -0.3 is 10.2 Å². The van der Waals surface area contributed by atoms with E-state index in [1.807, 2.05) is 0 Å². The molecule has 20 heavy (non-hydrogen) atoms. The molecule has 1 aliphatic heterocycles. The van der Waals surface area contributed by atoms with Crippen molar-refractivity contribution < 1.29 is 0 Å². The number of nitrogens with one attached hydrogen (secondary N) is 1. The second-order valence-corrected chi connectivity index (χ2v) is 6.25. The number of nitrogens with zero attached hydrogens (tertiary/aromatic N) is 3. The van der Waals surface area contributed by atoms with Crippen molar-refractivity contribution in [1.82, 2.24) is 15.3 Å². The lowest BCUT2D eigenvalue weighted by Crippen LogP contribution is -2.31. The van der Waals surface area contributed by atoms with Crippen molar-refractivity contribution in [2.45, 2.75) is 53.5 Å². The Balaban J connectivity index is 2.07. The third-order valence-corrected chi connectivity index (χ3v) is 3.90. The largest absolute Gasteiger partial charge is 0.341 e. The minimum absolute atomic E-state index is 0.671. The first-order valence-electron chi connectivity index (χ1n) is 7.87. The van der Waals surface area contributed by atoms with E-state index in [2.05, 4.69) is 37.9 Å². The summed E-state index contributed by atoms with van der Waals surface area (Å²) in [6, 6.07) is 0.